The first kappa shape index (κ1) is 15.6. The van der Waals surface area contributed by atoms with Gasteiger partial charge >= 0.3 is 0 Å². The zero-order valence-electron chi connectivity index (χ0n) is 12.7. The van der Waals surface area contributed by atoms with Crippen LogP contribution >= 0.6 is 0 Å². The van der Waals surface area contributed by atoms with Crippen molar-refractivity contribution in [1.82, 2.24) is 4.90 Å². The molecule has 1 aliphatic rings. The highest BCUT2D eigenvalue weighted by Crippen LogP contribution is 2.23. The van der Waals surface area contributed by atoms with Crippen LogP contribution < -0.4 is 10.5 Å². The third kappa shape index (κ3) is 3.86. The average molecular weight is 293 g/mol. The van der Waals surface area contributed by atoms with E-state index in [2.05, 4.69) is 23.9 Å². The number of nitrogens with zero attached hydrogens (tertiary/aromatic N) is 2. The fourth-order valence-corrected chi connectivity index (χ4v) is 2.77. The number of oxime groups is 1. The molecule has 0 saturated carbocycles. The summed E-state index contributed by atoms with van der Waals surface area (Å²) in [4.78, 5) is 2.33. The van der Waals surface area contributed by atoms with Crippen molar-refractivity contribution in [2.24, 2.45) is 10.9 Å². The van der Waals surface area contributed by atoms with Crippen LogP contribution in [0.25, 0.3) is 0 Å². The van der Waals surface area contributed by atoms with E-state index < -0.39 is 0 Å². The second kappa shape index (κ2) is 6.78. The summed E-state index contributed by atoms with van der Waals surface area (Å²) in [5, 5.41) is 11.8. The van der Waals surface area contributed by atoms with Crippen LogP contribution in [-0.2, 0) is 11.3 Å². The van der Waals surface area contributed by atoms with Crippen LogP contribution in [0.2, 0.25) is 0 Å². The molecule has 6 heteroatoms. The smallest absolute Gasteiger partial charge is 0.170 e. The first-order valence-electron chi connectivity index (χ1n) is 7.06. The van der Waals surface area contributed by atoms with Gasteiger partial charge in [-0.1, -0.05) is 5.16 Å². The maximum atomic E-state index is 8.80. The molecular formula is C15H23N3O3. The Hall–Kier alpha value is -1.79. The molecule has 1 aliphatic heterocycles. The van der Waals surface area contributed by atoms with Gasteiger partial charge in [-0.25, -0.2) is 0 Å². The molecule has 0 bridgehead atoms. The zero-order valence-corrected chi connectivity index (χ0v) is 12.7. The van der Waals surface area contributed by atoms with Crippen molar-refractivity contribution in [3.05, 3.63) is 29.3 Å². The Balaban J connectivity index is 2.21. The lowest BCUT2D eigenvalue weighted by molar-refractivity contribution is -0.0706. The van der Waals surface area contributed by atoms with Crippen molar-refractivity contribution in [1.29, 1.82) is 0 Å². The van der Waals surface area contributed by atoms with Gasteiger partial charge in [0, 0.05) is 30.8 Å². The number of nitrogens with two attached hydrogens (primary N) is 1. The van der Waals surface area contributed by atoms with Crippen LogP contribution in [0, 0.1) is 0 Å². The Morgan fingerprint density at radius 2 is 2.10 bits per heavy atom. The maximum absolute atomic E-state index is 8.80. The predicted octanol–water partition coefficient (Wildman–Crippen LogP) is 1.40. The molecule has 2 atom stereocenters. The van der Waals surface area contributed by atoms with Crippen molar-refractivity contribution >= 4 is 5.84 Å². The predicted molar refractivity (Wildman–Crippen MR) is 80.8 cm³/mol. The second-order valence-electron chi connectivity index (χ2n) is 5.46. The number of rotatable bonds is 4. The number of methoxy groups -OCH3 is 1. The van der Waals surface area contributed by atoms with Crippen LogP contribution in [0.5, 0.6) is 5.75 Å². The maximum Gasteiger partial charge on any atom is 0.170 e. The Kier molecular flexibility index (Phi) is 5.03. The first-order chi connectivity index (χ1) is 10.0. The van der Waals surface area contributed by atoms with E-state index in [0.717, 1.165) is 30.9 Å². The molecule has 1 aromatic carbocycles. The van der Waals surface area contributed by atoms with Gasteiger partial charge in [-0.3, -0.25) is 4.90 Å². The van der Waals surface area contributed by atoms with Gasteiger partial charge in [-0.15, -0.1) is 0 Å². The Bertz CT molecular complexity index is 509. The minimum Gasteiger partial charge on any atom is -0.496 e. The average Bonchev–Trinajstić information content (AvgIpc) is 2.45. The zero-order chi connectivity index (χ0) is 15.4. The molecule has 1 fully saturated rings. The minimum atomic E-state index is 0.0996. The molecule has 3 N–H and O–H groups in total. The molecule has 2 unspecified atom stereocenters. The standard InChI is InChI=1S/C15H23N3O3/c1-10-7-18(8-11(2)21-10)9-13-6-12(15(16)17-19)4-5-14(13)20-3/h4-6,10-11,19H,7-9H2,1-3H3,(H2,16,17). The molecule has 0 spiro atoms. The summed E-state index contributed by atoms with van der Waals surface area (Å²) in [6.45, 7) is 6.65. The van der Waals surface area contributed by atoms with E-state index in [1.807, 2.05) is 12.1 Å². The highest BCUT2D eigenvalue weighted by molar-refractivity contribution is 5.97. The largest absolute Gasteiger partial charge is 0.496 e. The molecular weight excluding hydrogens is 270 g/mol. The molecule has 1 saturated heterocycles. The van der Waals surface area contributed by atoms with E-state index in [4.69, 9.17) is 20.4 Å². The van der Waals surface area contributed by atoms with Crippen molar-refractivity contribution < 1.29 is 14.7 Å². The highest BCUT2D eigenvalue weighted by atomic mass is 16.5. The minimum absolute atomic E-state index is 0.0996. The Labute approximate surface area is 125 Å². The van der Waals surface area contributed by atoms with Crippen LogP contribution in [0.3, 0.4) is 0 Å². The van der Waals surface area contributed by atoms with Gasteiger partial charge in [0.05, 0.1) is 19.3 Å². The van der Waals surface area contributed by atoms with Crippen molar-refractivity contribution in [3.8, 4) is 5.75 Å². The summed E-state index contributed by atoms with van der Waals surface area (Å²) in [5.74, 6) is 0.902. The lowest BCUT2D eigenvalue weighted by Crippen LogP contribution is -2.44. The number of benzene rings is 1. The van der Waals surface area contributed by atoms with Crippen LogP contribution in [-0.4, -0.2) is 48.4 Å². The van der Waals surface area contributed by atoms with Crippen molar-refractivity contribution in [3.63, 3.8) is 0 Å². The summed E-state index contributed by atoms with van der Waals surface area (Å²) < 4.78 is 11.2. The molecule has 1 heterocycles. The van der Waals surface area contributed by atoms with Gasteiger partial charge in [-0.2, -0.15) is 0 Å². The third-order valence-electron chi connectivity index (χ3n) is 3.57. The van der Waals surface area contributed by atoms with Gasteiger partial charge in [0.1, 0.15) is 5.75 Å². The van der Waals surface area contributed by atoms with Crippen molar-refractivity contribution in [2.45, 2.75) is 32.6 Å². The molecule has 2 rings (SSSR count). The summed E-state index contributed by atoms with van der Waals surface area (Å²) >= 11 is 0. The first-order valence-corrected chi connectivity index (χ1v) is 7.06. The van der Waals surface area contributed by atoms with Gasteiger partial charge in [-0.05, 0) is 32.0 Å². The van der Waals surface area contributed by atoms with E-state index in [0.29, 0.717) is 5.56 Å². The van der Waals surface area contributed by atoms with Gasteiger partial charge in [0.2, 0.25) is 0 Å². The molecule has 116 valence electrons. The number of morpholine rings is 1. The van der Waals surface area contributed by atoms with Crippen LogP contribution in [0.1, 0.15) is 25.0 Å². The molecule has 6 nitrogen and oxygen atoms in total. The Morgan fingerprint density at radius 1 is 1.43 bits per heavy atom. The van der Waals surface area contributed by atoms with Crippen LogP contribution in [0.4, 0.5) is 0 Å². The van der Waals surface area contributed by atoms with Crippen molar-refractivity contribution in [2.75, 3.05) is 20.2 Å². The molecule has 21 heavy (non-hydrogen) atoms. The highest BCUT2D eigenvalue weighted by Gasteiger charge is 2.23. The summed E-state index contributed by atoms with van der Waals surface area (Å²) in [5.41, 5.74) is 7.36. The van der Waals surface area contributed by atoms with E-state index in [9.17, 15) is 0 Å². The van der Waals surface area contributed by atoms with E-state index in [1.165, 1.54) is 0 Å². The molecule has 1 aromatic rings. The molecule has 0 aromatic heterocycles. The normalized spacial score (nSPS) is 24.0. The summed E-state index contributed by atoms with van der Waals surface area (Å²) in [7, 11) is 1.65. The van der Waals surface area contributed by atoms with Gasteiger partial charge < -0.3 is 20.4 Å². The van der Waals surface area contributed by atoms with Gasteiger partial charge in [0.15, 0.2) is 5.84 Å². The van der Waals surface area contributed by atoms with E-state index in [-0.39, 0.29) is 18.0 Å². The fourth-order valence-electron chi connectivity index (χ4n) is 2.77. The third-order valence-corrected chi connectivity index (χ3v) is 3.57. The van der Waals surface area contributed by atoms with E-state index in [1.54, 1.807) is 13.2 Å². The second-order valence-corrected chi connectivity index (χ2v) is 5.46. The van der Waals surface area contributed by atoms with E-state index >= 15 is 0 Å². The summed E-state index contributed by atoms with van der Waals surface area (Å²) in [6.07, 6.45) is 0.430. The lowest BCUT2D eigenvalue weighted by atomic mass is 10.1. The molecule has 0 aliphatic carbocycles. The SMILES string of the molecule is COc1ccc(/C(N)=N/O)cc1CN1CC(C)OC(C)C1. The fraction of sp³-hybridized carbons (Fsp3) is 0.533. The molecule has 0 radical (unpaired) electrons. The number of hydrogen-bond donors (Lipinski definition) is 2. The van der Waals surface area contributed by atoms with Crippen LogP contribution in [0.15, 0.2) is 23.4 Å². The monoisotopic (exact) mass is 293 g/mol. The van der Waals surface area contributed by atoms with Gasteiger partial charge in [0.25, 0.3) is 0 Å². The number of hydrogen-bond acceptors (Lipinski definition) is 5. The number of amidine groups is 1. The molecule has 0 amide bonds. The topological polar surface area (TPSA) is 80.3 Å². The summed E-state index contributed by atoms with van der Waals surface area (Å²) in [6, 6.07) is 5.52. The number of ether oxygens (including phenoxy) is 2. The lowest BCUT2D eigenvalue weighted by Gasteiger charge is -2.35. The Morgan fingerprint density at radius 3 is 2.67 bits per heavy atom. The quantitative estimate of drug-likeness (QED) is 0.379.